The van der Waals surface area contributed by atoms with Gasteiger partial charge in [0.1, 0.15) is 34.5 Å². The first kappa shape index (κ1) is 37.2. The number of carboxylic acid groups (broad SMARTS) is 2. The predicted molar refractivity (Wildman–Crippen MR) is 201 cm³/mol. The predicted octanol–water partition coefficient (Wildman–Crippen LogP) is 7.86. The number of rotatable bonds is 16. The van der Waals surface area contributed by atoms with Crippen LogP contribution >= 0.6 is 0 Å². The Morgan fingerprint density at radius 1 is 0.446 bits per heavy atom. The van der Waals surface area contributed by atoms with Crippen LogP contribution in [0.15, 0.2) is 155 Å². The van der Waals surface area contributed by atoms with Crippen LogP contribution in [0.5, 0.6) is 23.0 Å². The highest BCUT2D eigenvalue weighted by molar-refractivity contribution is 5.99. The van der Waals surface area contributed by atoms with Gasteiger partial charge in [-0.2, -0.15) is 0 Å². The first-order valence-corrected chi connectivity index (χ1v) is 17.9. The number of ether oxygens (including phenoxy) is 2. The van der Waals surface area contributed by atoms with Crippen molar-refractivity contribution in [3.05, 3.63) is 169 Å². The Kier molecular flexibility index (Phi) is 11.3. The number of carbonyl (C=O) groups excluding carboxylic acids is 2. The molecule has 56 heavy (non-hydrogen) atoms. The van der Waals surface area contributed by atoms with Gasteiger partial charge in [-0.3, -0.25) is 19.2 Å². The fourth-order valence-corrected chi connectivity index (χ4v) is 7.02. The molecule has 2 amide bonds. The number of benzene rings is 4. The van der Waals surface area contributed by atoms with Crippen molar-refractivity contribution >= 4 is 23.8 Å². The molecule has 2 heterocycles. The molecule has 1 fully saturated rings. The van der Waals surface area contributed by atoms with Crippen LogP contribution in [-0.4, -0.2) is 43.8 Å². The quantitative estimate of drug-likeness (QED) is 0.0996. The van der Waals surface area contributed by atoms with E-state index in [0.717, 1.165) is 0 Å². The second kappa shape index (κ2) is 16.9. The number of aliphatic carboxylic acids is 2. The Bertz CT molecular complexity index is 2050. The molecule has 0 bridgehead atoms. The number of furan rings is 2. The monoisotopic (exact) mass is 754 g/mol. The fourth-order valence-electron chi connectivity index (χ4n) is 7.02. The summed E-state index contributed by atoms with van der Waals surface area (Å²) < 4.78 is 22.8. The van der Waals surface area contributed by atoms with Crippen LogP contribution in [0.4, 0.5) is 0 Å². The molecule has 12 heteroatoms. The van der Waals surface area contributed by atoms with Gasteiger partial charge >= 0.3 is 11.9 Å². The molecule has 4 aromatic carbocycles. The number of carbonyl (C=O) groups is 4. The molecular weight excluding hydrogens is 716 g/mol. The zero-order chi connectivity index (χ0) is 39.0. The molecule has 0 saturated heterocycles. The lowest BCUT2D eigenvalue weighted by Gasteiger charge is -2.48. The summed E-state index contributed by atoms with van der Waals surface area (Å²) in [6.45, 7) is -0.103. The summed E-state index contributed by atoms with van der Waals surface area (Å²) in [5, 5.41) is 21.1. The Morgan fingerprint density at radius 2 is 0.804 bits per heavy atom. The van der Waals surface area contributed by atoms with E-state index in [0.29, 0.717) is 45.6 Å². The number of hydrogen-bond donors (Lipinski definition) is 2. The summed E-state index contributed by atoms with van der Waals surface area (Å²) in [5.74, 6) is -7.36. The molecule has 284 valence electrons. The smallest absolute Gasteiger partial charge is 0.308 e. The minimum absolute atomic E-state index is 0.00748. The van der Waals surface area contributed by atoms with E-state index in [-0.39, 0.29) is 26.2 Å². The van der Waals surface area contributed by atoms with Crippen molar-refractivity contribution in [3.63, 3.8) is 0 Å². The topological polar surface area (TPSA) is 160 Å². The normalized spacial score (nSPS) is 17.3. The van der Waals surface area contributed by atoms with Gasteiger partial charge in [-0.1, -0.05) is 60.7 Å². The van der Waals surface area contributed by atoms with Crippen molar-refractivity contribution in [1.82, 2.24) is 9.80 Å². The summed E-state index contributed by atoms with van der Waals surface area (Å²) in [6.07, 6.45) is 2.90. The van der Waals surface area contributed by atoms with Gasteiger partial charge in [0.05, 0.1) is 49.3 Å². The van der Waals surface area contributed by atoms with E-state index >= 15 is 0 Å². The van der Waals surface area contributed by atoms with Gasteiger partial charge in [0.2, 0.25) is 11.8 Å². The Hall–Kier alpha value is -7.08. The molecular formula is C44H38N2O10. The molecule has 12 nitrogen and oxygen atoms in total. The zero-order valence-corrected chi connectivity index (χ0v) is 30.0. The highest BCUT2D eigenvalue weighted by Crippen LogP contribution is 2.49. The largest absolute Gasteiger partial charge is 0.481 e. The molecule has 0 atom stereocenters. The van der Waals surface area contributed by atoms with Crippen molar-refractivity contribution in [3.8, 4) is 23.0 Å². The average molecular weight is 755 g/mol. The molecule has 0 unspecified atom stereocenters. The lowest BCUT2D eigenvalue weighted by atomic mass is 9.55. The van der Waals surface area contributed by atoms with E-state index in [4.69, 9.17) is 18.3 Å². The molecule has 1 saturated carbocycles. The van der Waals surface area contributed by atoms with Crippen molar-refractivity contribution in [2.24, 2.45) is 23.7 Å². The summed E-state index contributed by atoms with van der Waals surface area (Å²) >= 11 is 0. The standard InChI is InChI=1S/C44H38N2O10/c47-41(45(27-35-13-7-23-53-35)25-29-15-19-33(20-16-29)55-31-9-3-1-4-10-31)37-39(43(49)50)38(40(37)44(51)52)42(48)46(28-36-14-8-24-54-36)26-30-17-21-34(22-18-30)56-32-11-5-2-6-12-32/h1-24,37-40H,25-28H2,(H,49,50)(H,51,52). The van der Waals surface area contributed by atoms with Crippen LogP contribution in [0.1, 0.15) is 22.6 Å². The van der Waals surface area contributed by atoms with E-state index in [1.54, 1.807) is 72.8 Å². The second-order valence-corrected chi connectivity index (χ2v) is 13.4. The molecule has 2 aromatic heterocycles. The summed E-state index contributed by atoms with van der Waals surface area (Å²) in [6, 6.07) is 39.2. The molecule has 0 aliphatic heterocycles. The van der Waals surface area contributed by atoms with Crippen LogP contribution in [0.25, 0.3) is 0 Å². The molecule has 1 aliphatic rings. The maximum Gasteiger partial charge on any atom is 0.308 e. The average Bonchev–Trinajstić information content (AvgIpc) is 3.91. The highest BCUT2D eigenvalue weighted by atomic mass is 16.5. The third kappa shape index (κ3) is 8.65. The van der Waals surface area contributed by atoms with E-state index < -0.39 is 47.4 Å². The SMILES string of the molecule is O=C(O)C1C(C(=O)N(Cc2ccc(Oc3ccccc3)cc2)Cc2ccco2)C(C(=O)O)C1C(=O)N(Cc1ccc(Oc2ccccc2)cc1)Cc1ccco1. The van der Waals surface area contributed by atoms with Gasteiger partial charge in [0.25, 0.3) is 0 Å². The lowest BCUT2D eigenvalue weighted by molar-refractivity contribution is -0.188. The number of nitrogens with zero attached hydrogens (tertiary/aromatic N) is 2. The van der Waals surface area contributed by atoms with Gasteiger partial charge in [-0.25, -0.2) is 0 Å². The second-order valence-electron chi connectivity index (χ2n) is 13.4. The summed E-state index contributed by atoms with van der Waals surface area (Å²) in [7, 11) is 0. The minimum atomic E-state index is -1.61. The molecule has 0 spiro atoms. The first-order chi connectivity index (χ1) is 27.2. The fraction of sp³-hybridized carbons (Fsp3) is 0.182. The van der Waals surface area contributed by atoms with Crippen molar-refractivity contribution in [2.75, 3.05) is 0 Å². The van der Waals surface area contributed by atoms with E-state index in [1.807, 2.05) is 60.7 Å². The third-order valence-corrected chi connectivity index (χ3v) is 9.72. The van der Waals surface area contributed by atoms with E-state index in [1.165, 1.54) is 22.3 Å². The van der Waals surface area contributed by atoms with Crippen molar-refractivity contribution in [2.45, 2.75) is 26.2 Å². The Morgan fingerprint density at radius 3 is 1.12 bits per heavy atom. The van der Waals surface area contributed by atoms with Gasteiger partial charge in [-0.05, 0) is 83.9 Å². The Balaban J connectivity index is 1.12. The molecule has 1 aliphatic carbocycles. The van der Waals surface area contributed by atoms with Crippen molar-refractivity contribution < 1.29 is 47.7 Å². The molecule has 7 rings (SSSR count). The summed E-state index contributed by atoms with van der Waals surface area (Å²) in [5.41, 5.74) is 1.36. The zero-order valence-electron chi connectivity index (χ0n) is 30.0. The summed E-state index contributed by atoms with van der Waals surface area (Å²) in [4.78, 5) is 57.5. The van der Waals surface area contributed by atoms with E-state index in [9.17, 15) is 29.4 Å². The van der Waals surface area contributed by atoms with Gasteiger partial charge in [0.15, 0.2) is 0 Å². The van der Waals surface area contributed by atoms with Crippen LogP contribution < -0.4 is 9.47 Å². The van der Waals surface area contributed by atoms with Gasteiger partial charge in [0, 0.05) is 13.1 Å². The maximum atomic E-state index is 14.4. The third-order valence-electron chi connectivity index (χ3n) is 9.72. The minimum Gasteiger partial charge on any atom is -0.481 e. The van der Waals surface area contributed by atoms with Gasteiger partial charge < -0.3 is 38.3 Å². The van der Waals surface area contributed by atoms with Crippen LogP contribution in [-0.2, 0) is 45.4 Å². The maximum absolute atomic E-state index is 14.4. The van der Waals surface area contributed by atoms with Crippen LogP contribution in [0, 0.1) is 23.7 Å². The van der Waals surface area contributed by atoms with E-state index in [2.05, 4.69) is 0 Å². The van der Waals surface area contributed by atoms with Crippen LogP contribution in [0.2, 0.25) is 0 Å². The number of amides is 2. The number of hydrogen-bond acceptors (Lipinski definition) is 8. The molecule has 2 N–H and O–H groups in total. The highest BCUT2D eigenvalue weighted by Gasteiger charge is 2.65. The first-order valence-electron chi connectivity index (χ1n) is 17.9. The number of carboxylic acids is 2. The van der Waals surface area contributed by atoms with Gasteiger partial charge in [-0.15, -0.1) is 0 Å². The number of para-hydroxylation sites is 2. The lowest BCUT2D eigenvalue weighted by Crippen LogP contribution is -2.64. The van der Waals surface area contributed by atoms with Crippen molar-refractivity contribution in [1.29, 1.82) is 0 Å². The Labute approximate surface area is 322 Å². The molecule has 0 radical (unpaired) electrons. The molecule has 6 aromatic rings. The van der Waals surface area contributed by atoms with Crippen LogP contribution in [0.3, 0.4) is 0 Å².